The highest BCUT2D eigenvalue weighted by atomic mass is 32.1. The monoisotopic (exact) mass is 663 g/mol. The largest absolute Gasteiger partial charge is 0.444 e. The summed E-state index contributed by atoms with van der Waals surface area (Å²) in [6, 6.07) is 6.80. The van der Waals surface area contributed by atoms with Gasteiger partial charge in [-0.25, -0.2) is 14.6 Å². The third kappa shape index (κ3) is 6.96. The molecule has 14 heteroatoms. The average molecular weight is 664 g/mol. The highest BCUT2D eigenvalue weighted by Gasteiger charge is 2.45. The van der Waals surface area contributed by atoms with Crippen molar-refractivity contribution in [2.24, 2.45) is 10.9 Å². The molecule has 6 rings (SSSR count). The number of pyridine rings is 1. The molecule has 2 saturated heterocycles. The van der Waals surface area contributed by atoms with E-state index in [4.69, 9.17) is 26.0 Å². The minimum atomic E-state index is -1.06. The molecule has 13 nitrogen and oxygen atoms in total. The number of ether oxygens (including phenoxy) is 1. The Balaban J connectivity index is 1.23. The van der Waals surface area contributed by atoms with E-state index in [9.17, 15) is 14.9 Å². The van der Waals surface area contributed by atoms with Crippen LogP contribution in [0.25, 0.3) is 0 Å². The number of hydrogen-bond acceptors (Lipinski definition) is 12. The molecular weight excluding hydrogens is 618 g/mol. The van der Waals surface area contributed by atoms with E-state index in [1.54, 1.807) is 11.8 Å². The molecule has 2 aromatic rings. The molecule has 1 saturated carbocycles. The number of fused-ring (bicyclic) bond motifs is 1. The third-order valence-electron chi connectivity index (χ3n) is 9.49. The van der Waals surface area contributed by atoms with Gasteiger partial charge in [0.1, 0.15) is 28.2 Å². The van der Waals surface area contributed by atoms with E-state index in [0.29, 0.717) is 60.5 Å². The van der Waals surface area contributed by atoms with E-state index in [0.717, 1.165) is 55.4 Å². The number of rotatable bonds is 6. The number of carbonyl (C=O) groups excluding carboxylic acids is 2. The first-order valence-electron chi connectivity index (χ1n) is 16.5. The SMILES string of the molecule is CC(C)(C)OC(=O)N1CCN(c2cc(/C(N)=N/OC(=O)C3(C)CCCc4sc(N)c(C#N)c43)nc(N3CCN(C4CC4)CC3)c2)CC1. The Morgan fingerprint density at radius 1 is 1.09 bits per heavy atom. The number of aryl methyl sites for hydroxylation is 1. The number of oxime groups is 1. The minimum Gasteiger partial charge on any atom is -0.444 e. The second-order valence-corrected chi connectivity index (χ2v) is 15.2. The molecule has 1 amide bonds. The van der Waals surface area contributed by atoms with Gasteiger partial charge in [-0.05, 0) is 65.9 Å². The Morgan fingerprint density at radius 3 is 2.40 bits per heavy atom. The molecule has 0 spiro atoms. The number of amidine groups is 1. The van der Waals surface area contributed by atoms with E-state index in [1.165, 1.54) is 24.2 Å². The van der Waals surface area contributed by atoms with Crippen molar-refractivity contribution in [2.45, 2.75) is 76.9 Å². The van der Waals surface area contributed by atoms with Crippen LogP contribution in [0.2, 0.25) is 0 Å². The Bertz CT molecular complexity index is 1590. The van der Waals surface area contributed by atoms with Gasteiger partial charge >= 0.3 is 12.1 Å². The molecule has 1 unspecified atom stereocenters. The van der Waals surface area contributed by atoms with Crippen molar-refractivity contribution >= 4 is 45.7 Å². The molecule has 0 bridgehead atoms. The number of nitriles is 1. The Kier molecular flexibility index (Phi) is 8.97. The fourth-order valence-corrected chi connectivity index (χ4v) is 7.94. The first kappa shape index (κ1) is 32.8. The number of nitrogens with two attached hydrogens (primary N) is 2. The lowest BCUT2D eigenvalue weighted by atomic mass is 9.72. The highest BCUT2D eigenvalue weighted by molar-refractivity contribution is 7.16. The molecule has 47 heavy (non-hydrogen) atoms. The third-order valence-corrected chi connectivity index (χ3v) is 10.6. The lowest BCUT2D eigenvalue weighted by Crippen LogP contribution is -2.50. The number of piperazine rings is 2. The van der Waals surface area contributed by atoms with Crippen molar-refractivity contribution in [3.63, 3.8) is 0 Å². The van der Waals surface area contributed by atoms with Gasteiger partial charge in [0, 0.05) is 80.6 Å². The molecule has 4 aliphatic rings. The zero-order chi connectivity index (χ0) is 33.5. The topological polar surface area (TPSA) is 167 Å². The Hall–Kier alpha value is -4.09. The summed E-state index contributed by atoms with van der Waals surface area (Å²) in [7, 11) is 0. The van der Waals surface area contributed by atoms with Gasteiger partial charge in [-0.2, -0.15) is 5.26 Å². The van der Waals surface area contributed by atoms with Gasteiger partial charge in [0.2, 0.25) is 0 Å². The summed E-state index contributed by atoms with van der Waals surface area (Å²) in [6.45, 7) is 13.2. The van der Waals surface area contributed by atoms with E-state index in [1.807, 2.05) is 26.8 Å². The maximum Gasteiger partial charge on any atom is 0.410 e. The predicted molar refractivity (Wildman–Crippen MR) is 182 cm³/mol. The number of amides is 1. The minimum absolute atomic E-state index is 0.0181. The van der Waals surface area contributed by atoms with Crippen molar-refractivity contribution in [3.8, 4) is 6.07 Å². The van der Waals surface area contributed by atoms with Gasteiger partial charge in [-0.3, -0.25) is 4.90 Å². The Labute approximate surface area is 280 Å². The van der Waals surface area contributed by atoms with Crippen LogP contribution in [0.3, 0.4) is 0 Å². The van der Waals surface area contributed by atoms with Crippen LogP contribution in [-0.2, 0) is 26.2 Å². The number of thiophene rings is 1. The molecule has 0 radical (unpaired) electrons. The van der Waals surface area contributed by atoms with Gasteiger partial charge in [0.15, 0.2) is 5.84 Å². The maximum atomic E-state index is 13.6. The first-order chi connectivity index (χ1) is 22.4. The maximum absolute atomic E-state index is 13.6. The quantitative estimate of drug-likeness (QED) is 0.201. The van der Waals surface area contributed by atoms with Crippen molar-refractivity contribution in [1.29, 1.82) is 5.26 Å². The van der Waals surface area contributed by atoms with Crippen molar-refractivity contribution in [1.82, 2.24) is 14.8 Å². The van der Waals surface area contributed by atoms with Crippen molar-refractivity contribution in [2.75, 3.05) is 67.9 Å². The number of aromatic nitrogens is 1. The number of anilines is 3. The summed E-state index contributed by atoms with van der Waals surface area (Å²) in [5.74, 6) is 0.181. The van der Waals surface area contributed by atoms with Gasteiger partial charge < -0.3 is 35.7 Å². The van der Waals surface area contributed by atoms with Crippen LogP contribution in [0.1, 0.15) is 75.1 Å². The van der Waals surface area contributed by atoms with Crippen LogP contribution in [-0.4, -0.2) is 96.7 Å². The molecule has 2 aliphatic heterocycles. The van der Waals surface area contributed by atoms with Crippen LogP contribution in [0.5, 0.6) is 0 Å². The van der Waals surface area contributed by atoms with Crippen molar-refractivity contribution in [3.05, 3.63) is 33.8 Å². The van der Waals surface area contributed by atoms with Gasteiger partial charge in [-0.15, -0.1) is 11.3 Å². The standard InChI is InChI=1S/C33H45N9O4S/c1-32(2,3)45-31(44)42-16-12-40(13-17-42)22-18-24(37-26(19-22)41-14-10-39(11-15-41)21-7-8-21)28(35)38-46-30(43)33(4)9-5-6-25-27(33)23(20-34)29(36)47-25/h18-19,21H,5-17,36H2,1-4H3,(H2,35,38). The zero-order valence-corrected chi connectivity index (χ0v) is 28.6. The highest BCUT2D eigenvalue weighted by Crippen LogP contribution is 2.46. The molecule has 252 valence electrons. The first-order valence-corrected chi connectivity index (χ1v) is 17.3. The van der Waals surface area contributed by atoms with E-state index in [2.05, 4.69) is 32.0 Å². The number of hydrogen-bond donors (Lipinski definition) is 2. The lowest BCUT2D eigenvalue weighted by Gasteiger charge is -2.38. The fraction of sp³-hybridized carbons (Fsp3) is 0.606. The molecule has 4 heterocycles. The number of nitrogen functional groups attached to an aromatic ring is 1. The van der Waals surface area contributed by atoms with Crippen LogP contribution in [0, 0.1) is 11.3 Å². The summed E-state index contributed by atoms with van der Waals surface area (Å²) in [5.41, 5.74) is 13.3. The van der Waals surface area contributed by atoms with Gasteiger partial charge in [0.25, 0.3) is 0 Å². The van der Waals surface area contributed by atoms with E-state index < -0.39 is 17.0 Å². The summed E-state index contributed by atoms with van der Waals surface area (Å²) in [4.78, 5) is 46.3. The van der Waals surface area contributed by atoms with E-state index in [-0.39, 0.29) is 11.9 Å². The molecule has 4 N–H and O–H groups in total. The fourth-order valence-electron chi connectivity index (χ4n) is 6.75. The second kappa shape index (κ2) is 12.8. The molecule has 1 atom stereocenters. The Morgan fingerprint density at radius 2 is 1.77 bits per heavy atom. The van der Waals surface area contributed by atoms with Crippen LogP contribution < -0.4 is 21.3 Å². The smallest absolute Gasteiger partial charge is 0.410 e. The zero-order valence-electron chi connectivity index (χ0n) is 27.8. The van der Waals surface area contributed by atoms with Gasteiger partial charge in [0.05, 0.1) is 11.0 Å². The predicted octanol–water partition coefficient (Wildman–Crippen LogP) is 3.40. The average Bonchev–Trinajstić information content (AvgIpc) is 3.84. The number of carbonyl (C=O) groups is 2. The van der Waals surface area contributed by atoms with Crippen molar-refractivity contribution < 1.29 is 19.2 Å². The summed E-state index contributed by atoms with van der Waals surface area (Å²) >= 11 is 1.36. The van der Waals surface area contributed by atoms with Crippen LogP contribution in [0.15, 0.2) is 17.3 Å². The lowest BCUT2D eigenvalue weighted by molar-refractivity contribution is -0.150. The molecule has 0 aromatic carbocycles. The van der Waals surface area contributed by atoms with Crippen LogP contribution in [0.4, 0.5) is 21.3 Å². The molecule has 3 fully saturated rings. The summed E-state index contributed by atoms with van der Waals surface area (Å²) < 4.78 is 5.58. The molecular formula is C33H45N9O4S. The second-order valence-electron chi connectivity index (χ2n) is 14.1. The summed E-state index contributed by atoms with van der Waals surface area (Å²) in [6.07, 6.45) is 4.28. The van der Waals surface area contributed by atoms with E-state index >= 15 is 0 Å². The summed E-state index contributed by atoms with van der Waals surface area (Å²) in [5, 5.41) is 14.3. The number of nitrogens with zero attached hydrogens (tertiary/aromatic N) is 7. The normalized spacial score (nSPS) is 22.4. The van der Waals surface area contributed by atoms with Gasteiger partial charge in [-0.1, -0.05) is 5.16 Å². The molecule has 2 aromatic heterocycles. The molecule has 2 aliphatic carbocycles. The van der Waals surface area contributed by atoms with Crippen LogP contribution >= 0.6 is 11.3 Å².